The standard InChI is InChI=1S/C28H41NO4/c1-4-29-28(32)15-11-6-5-10-14-26-25(21(2)20-27(26)31)19-18-24(33-22(3)30)17-16-23-12-8-7-9-13-23/h5,7-10,12-13,18-19,21,24-27,31H,4,6,11,14-17,20H2,1-3H3,(H,29,32). The zero-order valence-electron chi connectivity index (χ0n) is 20.4. The summed E-state index contributed by atoms with van der Waals surface area (Å²) in [5.41, 5.74) is 1.22. The number of hydrogen-bond acceptors (Lipinski definition) is 4. The quantitative estimate of drug-likeness (QED) is 0.250. The molecule has 5 nitrogen and oxygen atoms in total. The number of rotatable bonds is 13. The number of aryl methyl sites for hydroxylation is 1. The number of esters is 1. The first-order chi connectivity index (χ1) is 15.9. The van der Waals surface area contributed by atoms with Gasteiger partial charge in [0.15, 0.2) is 0 Å². The molecule has 0 heterocycles. The summed E-state index contributed by atoms with van der Waals surface area (Å²) in [4.78, 5) is 23.1. The molecule has 1 amide bonds. The average Bonchev–Trinajstić information content (AvgIpc) is 3.05. The van der Waals surface area contributed by atoms with E-state index >= 15 is 0 Å². The number of amides is 1. The number of benzene rings is 1. The van der Waals surface area contributed by atoms with Crippen molar-refractivity contribution in [1.82, 2.24) is 5.32 Å². The van der Waals surface area contributed by atoms with Crippen LogP contribution in [0.1, 0.15) is 64.9 Å². The average molecular weight is 456 g/mol. The molecule has 1 saturated carbocycles. The first-order valence-electron chi connectivity index (χ1n) is 12.4. The van der Waals surface area contributed by atoms with Crippen LogP contribution in [0.15, 0.2) is 54.6 Å². The Labute approximate surface area is 199 Å². The molecule has 1 aliphatic carbocycles. The molecular formula is C28H41NO4. The van der Waals surface area contributed by atoms with E-state index in [1.54, 1.807) is 0 Å². The lowest BCUT2D eigenvalue weighted by Crippen LogP contribution is -2.21. The van der Waals surface area contributed by atoms with Gasteiger partial charge in [0.05, 0.1) is 6.10 Å². The van der Waals surface area contributed by atoms with Crippen LogP contribution >= 0.6 is 0 Å². The molecule has 5 unspecified atom stereocenters. The van der Waals surface area contributed by atoms with E-state index in [2.05, 4.69) is 42.6 Å². The summed E-state index contributed by atoms with van der Waals surface area (Å²) in [6, 6.07) is 10.2. The Morgan fingerprint density at radius 1 is 1.24 bits per heavy atom. The molecule has 1 aliphatic rings. The fourth-order valence-corrected chi connectivity index (χ4v) is 4.69. The minimum atomic E-state index is -0.328. The molecule has 1 aromatic rings. The van der Waals surface area contributed by atoms with Crippen molar-refractivity contribution in [3.05, 3.63) is 60.2 Å². The van der Waals surface area contributed by atoms with E-state index in [1.807, 2.05) is 31.2 Å². The highest BCUT2D eigenvalue weighted by Crippen LogP contribution is 2.40. The number of aliphatic hydroxyl groups is 1. The van der Waals surface area contributed by atoms with E-state index in [4.69, 9.17) is 4.74 Å². The van der Waals surface area contributed by atoms with E-state index in [1.165, 1.54) is 12.5 Å². The lowest BCUT2D eigenvalue weighted by Gasteiger charge is -2.21. The number of aliphatic hydroxyl groups excluding tert-OH is 1. The summed E-state index contributed by atoms with van der Waals surface area (Å²) in [7, 11) is 0. The van der Waals surface area contributed by atoms with Gasteiger partial charge in [0.1, 0.15) is 6.10 Å². The summed E-state index contributed by atoms with van der Waals surface area (Å²) in [6.07, 6.45) is 13.3. The van der Waals surface area contributed by atoms with Crippen molar-refractivity contribution >= 4 is 11.9 Å². The van der Waals surface area contributed by atoms with Crippen LogP contribution in [0, 0.1) is 17.8 Å². The largest absolute Gasteiger partial charge is 0.458 e. The van der Waals surface area contributed by atoms with E-state index in [0.29, 0.717) is 18.9 Å². The zero-order valence-corrected chi connectivity index (χ0v) is 20.4. The molecule has 0 aromatic heterocycles. The summed E-state index contributed by atoms with van der Waals surface area (Å²) >= 11 is 0. The Hall–Kier alpha value is -2.40. The van der Waals surface area contributed by atoms with E-state index in [9.17, 15) is 14.7 Å². The van der Waals surface area contributed by atoms with Crippen LogP contribution < -0.4 is 5.32 Å². The van der Waals surface area contributed by atoms with Crippen molar-refractivity contribution in [3.63, 3.8) is 0 Å². The van der Waals surface area contributed by atoms with Gasteiger partial charge >= 0.3 is 5.97 Å². The molecule has 1 fully saturated rings. The predicted octanol–water partition coefficient (Wildman–Crippen LogP) is 4.99. The Morgan fingerprint density at radius 2 is 2.00 bits per heavy atom. The van der Waals surface area contributed by atoms with Gasteiger partial charge in [0, 0.05) is 19.9 Å². The van der Waals surface area contributed by atoms with Crippen molar-refractivity contribution in [2.24, 2.45) is 17.8 Å². The van der Waals surface area contributed by atoms with Crippen LogP contribution in [0.4, 0.5) is 0 Å². The lowest BCUT2D eigenvalue weighted by atomic mass is 9.86. The number of allylic oxidation sites excluding steroid dienone is 3. The molecule has 2 N–H and O–H groups in total. The Kier molecular flexibility index (Phi) is 12.0. The van der Waals surface area contributed by atoms with Gasteiger partial charge in [0.2, 0.25) is 5.91 Å². The van der Waals surface area contributed by atoms with Crippen LogP contribution in [0.5, 0.6) is 0 Å². The highest BCUT2D eigenvalue weighted by atomic mass is 16.5. The van der Waals surface area contributed by atoms with Gasteiger partial charge in [-0.15, -0.1) is 0 Å². The fraction of sp³-hybridized carbons (Fsp3) is 0.571. The number of carbonyl (C=O) groups is 2. The van der Waals surface area contributed by atoms with Gasteiger partial charge in [-0.3, -0.25) is 9.59 Å². The van der Waals surface area contributed by atoms with E-state index in [0.717, 1.165) is 38.5 Å². The molecule has 0 radical (unpaired) electrons. The molecule has 5 heteroatoms. The highest BCUT2D eigenvalue weighted by molar-refractivity contribution is 5.75. The molecule has 33 heavy (non-hydrogen) atoms. The number of ether oxygens (including phenoxy) is 1. The summed E-state index contributed by atoms with van der Waals surface area (Å²) in [5.74, 6) is 0.604. The first-order valence-corrected chi connectivity index (χ1v) is 12.4. The van der Waals surface area contributed by atoms with Crippen LogP contribution in [0.2, 0.25) is 0 Å². The predicted molar refractivity (Wildman–Crippen MR) is 133 cm³/mol. The lowest BCUT2D eigenvalue weighted by molar-refractivity contribution is -0.144. The Morgan fingerprint density at radius 3 is 2.70 bits per heavy atom. The maximum absolute atomic E-state index is 11.6. The SMILES string of the molecule is CCNC(=O)CCCC=CCC1C(O)CC(C)C1C=CC(CCc1ccccc1)OC(C)=O. The smallest absolute Gasteiger partial charge is 0.303 e. The second-order valence-electron chi connectivity index (χ2n) is 9.13. The molecule has 5 atom stereocenters. The molecule has 0 bridgehead atoms. The van der Waals surface area contributed by atoms with Crippen molar-refractivity contribution in [1.29, 1.82) is 0 Å². The first kappa shape index (κ1) is 26.8. The van der Waals surface area contributed by atoms with Gasteiger partial charge in [-0.2, -0.15) is 0 Å². The zero-order chi connectivity index (χ0) is 24.1. The van der Waals surface area contributed by atoms with E-state index in [-0.39, 0.29) is 35.9 Å². The highest BCUT2D eigenvalue weighted by Gasteiger charge is 2.37. The van der Waals surface area contributed by atoms with Crippen LogP contribution in [-0.4, -0.2) is 35.7 Å². The van der Waals surface area contributed by atoms with E-state index < -0.39 is 0 Å². The number of unbranched alkanes of at least 4 members (excludes halogenated alkanes) is 1. The van der Waals surface area contributed by atoms with Crippen LogP contribution in [0.25, 0.3) is 0 Å². The molecule has 1 aromatic carbocycles. The van der Waals surface area contributed by atoms with Crippen molar-refractivity contribution in [3.8, 4) is 0 Å². The van der Waals surface area contributed by atoms with Crippen LogP contribution in [0.3, 0.4) is 0 Å². The third-order valence-corrected chi connectivity index (χ3v) is 6.41. The molecule has 0 saturated heterocycles. The molecule has 0 spiro atoms. The van der Waals surface area contributed by atoms with Crippen molar-refractivity contribution in [2.75, 3.05) is 6.54 Å². The van der Waals surface area contributed by atoms with Crippen molar-refractivity contribution < 1.29 is 19.4 Å². The minimum Gasteiger partial charge on any atom is -0.458 e. The third kappa shape index (κ3) is 9.95. The van der Waals surface area contributed by atoms with Gasteiger partial charge < -0.3 is 15.2 Å². The van der Waals surface area contributed by atoms with Crippen LogP contribution in [-0.2, 0) is 20.7 Å². The normalized spacial score (nSPS) is 23.8. The summed E-state index contributed by atoms with van der Waals surface area (Å²) in [5, 5.41) is 13.4. The molecule has 2 rings (SSSR count). The minimum absolute atomic E-state index is 0.103. The van der Waals surface area contributed by atoms with Crippen molar-refractivity contribution in [2.45, 2.75) is 77.9 Å². The third-order valence-electron chi connectivity index (χ3n) is 6.41. The fourth-order valence-electron chi connectivity index (χ4n) is 4.69. The monoisotopic (exact) mass is 455 g/mol. The van der Waals surface area contributed by atoms with Gasteiger partial charge in [0.25, 0.3) is 0 Å². The van der Waals surface area contributed by atoms with Gasteiger partial charge in [-0.05, 0) is 74.8 Å². The van der Waals surface area contributed by atoms with Gasteiger partial charge in [-0.1, -0.05) is 55.5 Å². The maximum atomic E-state index is 11.6. The molecule has 0 aliphatic heterocycles. The summed E-state index contributed by atoms with van der Waals surface area (Å²) < 4.78 is 5.56. The van der Waals surface area contributed by atoms with Gasteiger partial charge in [-0.25, -0.2) is 0 Å². The topological polar surface area (TPSA) is 75.6 Å². The maximum Gasteiger partial charge on any atom is 0.303 e. The Bertz CT molecular complexity index is 773. The Balaban J connectivity index is 1.91. The molecule has 182 valence electrons. The summed E-state index contributed by atoms with van der Waals surface area (Å²) in [6.45, 7) is 6.23. The second kappa shape index (κ2) is 14.7. The second-order valence-corrected chi connectivity index (χ2v) is 9.13. The number of carbonyl (C=O) groups excluding carboxylic acids is 2. The number of hydrogen-bond donors (Lipinski definition) is 2. The number of nitrogens with one attached hydrogen (secondary N) is 1. The molecular weight excluding hydrogens is 414 g/mol.